The third-order valence-corrected chi connectivity index (χ3v) is 1.94. The van der Waals surface area contributed by atoms with E-state index in [4.69, 9.17) is 0 Å². The van der Waals surface area contributed by atoms with E-state index >= 15 is 0 Å². The molecule has 72 valence electrons. The summed E-state index contributed by atoms with van der Waals surface area (Å²) in [5.74, 6) is 0.348. The quantitative estimate of drug-likeness (QED) is 0.708. The van der Waals surface area contributed by atoms with E-state index in [1.54, 1.807) is 13.2 Å². The van der Waals surface area contributed by atoms with Crippen LogP contribution in [0, 0.1) is 6.92 Å². The van der Waals surface area contributed by atoms with Gasteiger partial charge < -0.3 is 5.32 Å². The van der Waals surface area contributed by atoms with Gasteiger partial charge in [-0.05, 0) is 24.6 Å². The zero-order valence-electron chi connectivity index (χ0n) is 7.98. The number of aryl methyl sites for hydroxylation is 1. The molecule has 0 aliphatic rings. The fraction of sp³-hybridized carbons (Fsp3) is 0.222. The van der Waals surface area contributed by atoms with Crippen molar-refractivity contribution < 1.29 is 0 Å². The molecule has 5 heteroatoms. The molecule has 0 aliphatic heterocycles. The fourth-order valence-electron chi connectivity index (χ4n) is 1.23. The van der Waals surface area contributed by atoms with Gasteiger partial charge in [-0.1, -0.05) is 0 Å². The molecule has 2 rings (SSSR count). The Hall–Kier alpha value is -1.91. The Balaban J connectivity index is 2.84. The van der Waals surface area contributed by atoms with Gasteiger partial charge in [-0.15, -0.1) is 0 Å². The highest BCUT2D eigenvalue weighted by Crippen LogP contribution is 2.02. The average Bonchev–Trinajstić information content (AvgIpc) is 2.16. The first-order chi connectivity index (χ1) is 6.70. The number of hydrogen-bond donors (Lipinski definition) is 1. The summed E-state index contributed by atoms with van der Waals surface area (Å²) in [5.41, 5.74) is 1.35. The van der Waals surface area contributed by atoms with Crippen LogP contribution < -0.4 is 11.0 Å². The van der Waals surface area contributed by atoms with E-state index in [2.05, 4.69) is 15.3 Å². The molecule has 0 radical (unpaired) electrons. The average molecular weight is 190 g/mol. The first kappa shape index (κ1) is 8.68. The van der Waals surface area contributed by atoms with Gasteiger partial charge in [-0.2, -0.15) is 9.97 Å². The predicted octanol–water partition coefficient (Wildman–Crippen LogP) is 0.440. The summed E-state index contributed by atoms with van der Waals surface area (Å²) in [7, 11) is 1.68. The number of anilines is 1. The second-order valence-corrected chi connectivity index (χ2v) is 3.01. The molecule has 1 N–H and O–H groups in total. The Labute approximate surface area is 80.4 Å². The van der Waals surface area contributed by atoms with Crippen LogP contribution in [0.2, 0.25) is 0 Å². The number of aromatic nitrogens is 3. The number of fused-ring (bicyclic) bond motifs is 1. The lowest BCUT2D eigenvalue weighted by atomic mass is 10.3. The van der Waals surface area contributed by atoms with Crippen molar-refractivity contribution in [2.45, 2.75) is 6.92 Å². The molecule has 0 unspecified atom stereocenters. The fourth-order valence-corrected chi connectivity index (χ4v) is 1.23. The van der Waals surface area contributed by atoms with Gasteiger partial charge in [0.15, 0.2) is 0 Å². The topological polar surface area (TPSA) is 59.3 Å². The molecule has 14 heavy (non-hydrogen) atoms. The van der Waals surface area contributed by atoms with Crippen LogP contribution in [0.25, 0.3) is 5.65 Å². The Kier molecular flexibility index (Phi) is 1.92. The number of rotatable bonds is 1. The molecule has 2 aromatic heterocycles. The Morgan fingerprint density at radius 1 is 1.43 bits per heavy atom. The van der Waals surface area contributed by atoms with E-state index < -0.39 is 0 Å². The summed E-state index contributed by atoms with van der Waals surface area (Å²) in [6.07, 6.45) is 1.67. The second kappa shape index (κ2) is 3.10. The molecular formula is C9H10N4O. The minimum absolute atomic E-state index is 0.320. The molecule has 0 bridgehead atoms. The maximum absolute atomic E-state index is 11.4. The van der Waals surface area contributed by atoms with Crippen LogP contribution in [0.1, 0.15) is 5.56 Å². The first-order valence-electron chi connectivity index (χ1n) is 4.25. The van der Waals surface area contributed by atoms with E-state index in [0.717, 1.165) is 5.56 Å². The first-order valence-corrected chi connectivity index (χ1v) is 4.25. The van der Waals surface area contributed by atoms with Gasteiger partial charge in [0.2, 0.25) is 5.95 Å². The van der Waals surface area contributed by atoms with Crippen LogP contribution in [-0.4, -0.2) is 21.4 Å². The predicted molar refractivity (Wildman–Crippen MR) is 53.5 cm³/mol. The van der Waals surface area contributed by atoms with Gasteiger partial charge in [-0.3, -0.25) is 4.40 Å². The molecule has 2 aromatic rings. The molecule has 0 fully saturated rings. The van der Waals surface area contributed by atoms with Crippen LogP contribution in [0.5, 0.6) is 0 Å². The molecule has 0 aliphatic carbocycles. The highest BCUT2D eigenvalue weighted by atomic mass is 16.1. The van der Waals surface area contributed by atoms with Crippen LogP contribution in [0.4, 0.5) is 5.95 Å². The van der Waals surface area contributed by atoms with Crippen molar-refractivity contribution >= 4 is 11.6 Å². The number of hydrogen-bond acceptors (Lipinski definition) is 4. The third-order valence-electron chi connectivity index (χ3n) is 1.94. The maximum Gasteiger partial charge on any atom is 0.356 e. The molecule has 0 amide bonds. The normalized spacial score (nSPS) is 10.4. The Bertz CT molecular complexity index is 532. The summed E-state index contributed by atoms with van der Waals surface area (Å²) in [5, 5.41) is 2.74. The van der Waals surface area contributed by atoms with E-state index in [-0.39, 0.29) is 5.69 Å². The largest absolute Gasteiger partial charge is 0.357 e. The van der Waals surface area contributed by atoms with Crippen LogP contribution in [0.15, 0.2) is 23.1 Å². The zero-order chi connectivity index (χ0) is 10.1. The smallest absolute Gasteiger partial charge is 0.356 e. The van der Waals surface area contributed by atoms with E-state index in [1.165, 1.54) is 4.40 Å². The van der Waals surface area contributed by atoms with E-state index in [9.17, 15) is 4.79 Å². The Morgan fingerprint density at radius 3 is 2.93 bits per heavy atom. The lowest BCUT2D eigenvalue weighted by Gasteiger charge is -2.02. The highest BCUT2D eigenvalue weighted by molar-refractivity contribution is 5.43. The molecular weight excluding hydrogens is 180 g/mol. The van der Waals surface area contributed by atoms with Gasteiger partial charge in [0, 0.05) is 13.2 Å². The van der Waals surface area contributed by atoms with Crippen molar-refractivity contribution in [2.24, 2.45) is 0 Å². The lowest BCUT2D eigenvalue weighted by Crippen LogP contribution is -2.19. The SMILES string of the molecule is CNc1nc(=O)n2ccc(C)cc2n1. The summed E-state index contributed by atoms with van der Waals surface area (Å²) in [4.78, 5) is 19.3. The van der Waals surface area contributed by atoms with E-state index in [0.29, 0.717) is 11.6 Å². The lowest BCUT2D eigenvalue weighted by molar-refractivity contribution is 0.941. The monoisotopic (exact) mass is 190 g/mol. The van der Waals surface area contributed by atoms with Gasteiger partial charge in [0.25, 0.3) is 0 Å². The summed E-state index contributed by atoms with van der Waals surface area (Å²) < 4.78 is 1.41. The minimum Gasteiger partial charge on any atom is -0.357 e. The molecule has 0 saturated carbocycles. The molecule has 2 heterocycles. The maximum atomic E-state index is 11.4. The molecule has 0 spiro atoms. The van der Waals surface area contributed by atoms with Crippen molar-refractivity contribution in [2.75, 3.05) is 12.4 Å². The minimum atomic E-state index is -0.320. The standard InChI is InChI=1S/C9H10N4O/c1-6-3-4-13-7(5-6)11-8(10-2)12-9(13)14/h3-5H,1-2H3,(H,10,12,14). The van der Waals surface area contributed by atoms with Crippen molar-refractivity contribution in [1.29, 1.82) is 0 Å². The Morgan fingerprint density at radius 2 is 2.21 bits per heavy atom. The number of nitrogens with zero attached hydrogens (tertiary/aromatic N) is 3. The van der Waals surface area contributed by atoms with Crippen molar-refractivity contribution in [3.8, 4) is 0 Å². The van der Waals surface area contributed by atoms with Gasteiger partial charge in [-0.25, -0.2) is 4.79 Å². The second-order valence-electron chi connectivity index (χ2n) is 3.01. The summed E-state index contributed by atoms with van der Waals surface area (Å²) >= 11 is 0. The summed E-state index contributed by atoms with van der Waals surface area (Å²) in [6.45, 7) is 1.95. The van der Waals surface area contributed by atoms with Crippen LogP contribution in [0.3, 0.4) is 0 Å². The van der Waals surface area contributed by atoms with Gasteiger partial charge >= 0.3 is 5.69 Å². The zero-order valence-corrected chi connectivity index (χ0v) is 7.98. The van der Waals surface area contributed by atoms with Crippen molar-refractivity contribution in [1.82, 2.24) is 14.4 Å². The molecule has 0 saturated heterocycles. The van der Waals surface area contributed by atoms with Crippen LogP contribution >= 0.6 is 0 Å². The third kappa shape index (κ3) is 1.32. The highest BCUT2D eigenvalue weighted by Gasteiger charge is 2.01. The molecule has 5 nitrogen and oxygen atoms in total. The van der Waals surface area contributed by atoms with E-state index in [1.807, 2.05) is 19.1 Å². The van der Waals surface area contributed by atoms with Crippen LogP contribution in [-0.2, 0) is 0 Å². The van der Waals surface area contributed by atoms with Crippen molar-refractivity contribution in [3.63, 3.8) is 0 Å². The summed E-state index contributed by atoms with van der Waals surface area (Å²) in [6, 6.07) is 3.68. The number of nitrogens with one attached hydrogen (secondary N) is 1. The molecule has 0 atom stereocenters. The van der Waals surface area contributed by atoms with Crippen molar-refractivity contribution in [3.05, 3.63) is 34.4 Å². The number of pyridine rings is 1. The van der Waals surface area contributed by atoms with Gasteiger partial charge in [0.1, 0.15) is 5.65 Å². The van der Waals surface area contributed by atoms with Gasteiger partial charge in [0.05, 0.1) is 0 Å². The molecule has 0 aromatic carbocycles.